The molecule has 1 aromatic heterocycles. The number of hydrogen-bond donors (Lipinski definition) is 3. The van der Waals surface area contributed by atoms with Crippen molar-refractivity contribution in [3.63, 3.8) is 0 Å². The zero-order valence-electron chi connectivity index (χ0n) is 11.9. The number of hydrazone groups is 1. The van der Waals surface area contributed by atoms with Crippen LogP contribution in [0.2, 0.25) is 0 Å². The number of nitrogens with one attached hydrogen (secondary N) is 1. The highest BCUT2D eigenvalue weighted by Crippen LogP contribution is 2.09. The maximum atomic E-state index is 5.61. The van der Waals surface area contributed by atoms with Gasteiger partial charge in [-0.2, -0.15) is 5.10 Å². The van der Waals surface area contributed by atoms with E-state index >= 15 is 0 Å². The quantitative estimate of drug-likeness (QED) is 0.300. The highest BCUT2D eigenvalue weighted by atomic mass is 32.2. The summed E-state index contributed by atoms with van der Waals surface area (Å²) in [5.74, 6) is 12.1. The number of aromatic nitrogens is 1. The molecule has 1 aliphatic heterocycles. The van der Waals surface area contributed by atoms with Gasteiger partial charge in [0.25, 0.3) is 0 Å². The Bertz CT molecular complexity index is 501. The van der Waals surface area contributed by atoms with Crippen LogP contribution in [-0.4, -0.2) is 52.0 Å². The van der Waals surface area contributed by atoms with Gasteiger partial charge in [-0.3, -0.25) is 14.9 Å². The minimum Gasteiger partial charge on any atom is -0.352 e. The van der Waals surface area contributed by atoms with Gasteiger partial charge in [0.15, 0.2) is 5.17 Å². The van der Waals surface area contributed by atoms with Crippen molar-refractivity contribution in [2.45, 2.75) is 6.54 Å². The van der Waals surface area contributed by atoms with E-state index in [1.165, 1.54) is 22.3 Å². The van der Waals surface area contributed by atoms with Crippen molar-refractivity contribution in [2.75, 3.05) is 26.1 Å². The number of thioether (sulfide) groups is 1. The van der Waals surface area contributed by atoms with Crippen LogP contribution in [0.25, 0.3) is 0 Å². The Kier molecular flexibility index (Phi) is 5.78. The lowest BCUT2D eigenvalue weighted by Gasteiger charge is -2.26. The third-order valence-electron chi connectivity index (χ3n) is 2.89. The van der Waals surface area contributed by atoms with Crippen LogP contribution >= 0.6 is 11.8 Å². The first-order valence-electron chi connectivity index (χ1n) is 6.46. The molecule has 0 bridgehead atoms. The maximum Gasteiger partial charge on any atom is 0.159 e. The Labute approximate surface area is 128 Å². The van der Waals surface area contributed by atoms with Crippen molar-refractivity contribution in [3.05, 3.63) is 30.1 Å². The van der Waals surface area contributed by atoms with E-state index in [1.807, 2.05) is 12.3 Å². The molecule has 0 aliphatic carbocycles. The summed E-state index contributed by atoms with van der Waals surface area (Å²) in [7, 11) is 1.71. The summed E-state index contributed by atoms with van der Waals surface area (Å²) >= 11 is 1.53. The van der Waals surface area contributed by atoms with Gasteiger partial charge >= 0.3 is 0 Å². The molecule has 0 fully saturated rings. The van der Waals surface area contributed by atoms with Crippen LogP contribution in [-0.2, 0) is 6.54 Å². The van der Waals surface area contributed by atoms with E-state index in [-0.39, 0.29) is 0 Å². The standard InChI is InChI=1S/C12H20N8S/c1-19(14)11(18-13)7-21-12-16-8-20(9-17-12)6-10-3-2-4-15-5-10/h2-5H,6-9,13-14H2,1H3,(H,16,17)/b18-11-. The minimum absolute atomic E-state index is 0.581. The topological polar surface area (TPSA) is 108 Å². The number of rotatable bonds is 4. The van der Waals surface area contributed by atoms with Crippen molar-refractivity contribution >= 4 is 22.8 Å². The monoisotopic (exact) mass is 308 g/mol. The van der Waals surface area contributed by atoms with Gasteiger partial charge in [0, 0.05) is 26.0 Å². The lowest BCUT2D eigenvalue weighted by molar-refractivity contribution is 0.258. The molecule has 1 aromatic rings. The Hall–Kier alpha value is -1.84. The Morgan fingerprint density at radius 3 is 3.05 bits per heavy atom. The summed E-state index contributed by atoms with van der Waals surface area (Å²) < 4.78 is 0. The normalized spacial score (nSPS) is 16.3. The van der Waals surface area contributed by atoms with Gasteiger partial charge in [0.05, 0.1) is 19.1 Å². The highest BCUT2D eigenvalue weighted by molar-refractivity contribution is 8.14. The summed E-state index contributed by atoms with van der Waals surface area (Å²) in [6, 6.07) is 4.00. The van der Waals surface area contributed by atoms with Crippen molar-refractivity contribution in [1.29, 1.82) is 0 Å². The van der Waals surface area contributed by atoms with Crippen LogP contribution in [0.5, 0.6) is 0 Å². The van der Waals surface area contributed by atoms with E-state index < -0.39 is 0 Å². The molecule has 0 aromatic carbocycles. The summed E-state index contributed by atoms with van der Waals surface area (Å²) in [6.45, 7) is 2.22. The molecule has 2 rings (SSSR count). The molecule has 21 heavy (non-hydrogen) atoms. The first kappa shape index (κ1) is 15.5. The second kappa shape index (κ2) is 7.81. The second-order valence-electron chi connectivity index (χ2n) is 4.57. The third-order valence-corrected chi connectivity index (χ3v) is 3.84. The average Bonchev–Trinajstić information content (AvgIpc) is 2.50. The Morgan fingerprint density at radius 1 is 1.62 bits per heavy atom. The zero-order chi connectivity index (χ0) is 15.1. The van der Waals surface area contributed by atoms with Gasteiger partial charge in [0.2, 0.25) is 0 Å². The average molecular weight is 308 g/mol. The largest absolute Gasteiger partial charge is 0.352 e. The smallest absolute Gasteiger partial charge is 0.159 e. The molecule has 0 saturated heterocycles. The number of hydrazine groups is 1. The molecule has 114 valence electrons. The van der Waals surface area contributed by atoms with Crippen LogP contribution < -0.4 is 17.0 Å². The lowest BCUT2D eigenvalue weighted by atomic mass is 10.3. The zero-order valence-corrected chi connectivity index (χ0v) is 12.8. The second-order valence-corrected chi connectivity index (χ2v) is 5.54. The predicted molar refractivity (Wildman–Crippen MR) is 86.1 cm³/mol. The Balaban J connectivity index is 1.79. The molecular formula is C12H20N8S. The molecule has 8 nitrogen and oxygen atoms in total. The molecule has 0 radical (unpaired) electrons. The number of aliphatic imine (C=N–C) groups is 1. The van der Waals surface area contributed by atoms with E-state index in [9.17, 15) is 0 Å². The van der Waals surface area contributed by atoms with E-state index in [1.54, 1.807) is 13.2 Å². The molecule has 0 amide bonds. The number of nitrogens with two attached hydrogens (primary N) is 2. The third kappa shape index (κ3) is 4.88. The van der Waals surface area contributed by atoms with Gasteiger partial charge < -0.3 is 11.2 Å². The highest BCUT2D eigenvalue weighted by Gasteiger charge is 2.14. The molecule has 9 heteroatoms. The molecule has 0 unspecified atom stereocenters. The van der Waals surface area contributed by atoms with Crippen molar-refractivity contribution in [1.82, 2.24) is 20.2 Å². The molecule has 0 atom stereocenters. The minimum atomic E-state index is 0.581. The number of hydrogen-bond acceptors (Lipinski definition) is 8. The summed E-state index contributed by atoms with van der Waals surface area (Å²) in [5, 5.41) is 9.19. The van der Waals surface area contributed by atoms with Gasteiger partial charge in [-0.05, 0) is 11.6 Å². The van der Waals surface area contributed by atoms with Crippen LogP contribution in [0.1, 0.15) is 5.56 Å². The summed E-state index contributed by atoms with van der Waals surface area (Å²) in [6.07, 6.45) is 3.64. The Morgan fingerprint density at radius 2 is 2.48 bits per heavy atom. The van der Waals surface area contributed by atoms with Crippen molar-refractivity contribution in [3.8, 4) is 0 Å². The van der Waals surface area contributed by atoms with Crippen molar-refractivity contribution < 1.29 is 0 Å². The summed E-state index contributed by atoms with van der Waals surface area (Å²) in [4.78, 5) is 10.8. The first-order chi connectivity index (χ1) is 10.2. The molecule has 0 spiro atoms. The van der Waals surface area contributed by atoms with E-state index in [4.69, 9.17) is 11.7 Å². The van der Waals surface area contributed by atoms with E-state index in [2.05, 4.69) is 31.4 Å². The van der Waals surface area contributed by atoms with Gasteiger partial charge in [-0.15, -0.1) is 0 Å². The van der Waals surface area contributed by atoms with Gasteiger partial charge in [0.1, 0.15) is 5.84 Å². The number of nitrogens with zero attached hydrogens (tertiary/aromatic N) is 5. The van der Waals surface area contributed by atoms with Gasteiger partial charge in [-0.1, -0.05) is 17.8 Å². The fourth-order valence-corrected chi connectivity index (χ4v) is 2.62. The van der Waals surface area contributed by atoms with Crippen LogP contribution in [0.3, 0.4) is 0 Å². The fraction of sp³-hybridized carbons (Fsp3) is 0.417. The van der Waals surface area contributed by atoms with Crippen LogP contribution in [0.4, 0.5) is 0 Å². The maximum absolute atomic E-state index is 5.61. The van der Waals surface area contributed by atoms with E-state index in [0.29, 0.717) is 18.3 Å². The molecule has 5 N–H and O–H groups in total. The fourth-order valence-electron chi connectivity index (χ4n) is 1.77. The van der Waals surface area contributed by atoms with Gasteiger partial charge in [-0.25, -0.2) is 10.8 Å². The molecule has 0 saturated carbocycles. The van der Waals surface area contributed by atoms with Crippen molar-refractivity contribution in [2.24, 2.45) is 21.8 Å². The molecular weight excluding hydrogens is 288 g/mol. The summed E-state index contributed by atoms with van der Waals surface area (Å²) in [5.41, 5.74) is 1.17. The number of amidine groups is 2. The predicted octanol–water partition coefficient (Wildman–Crippen LogP) is -0.431. The van der Waals surface area contributed by atoms with E-state index in [0.717, 1.165) is 18.4 Å². The van der Waals surface area contributed by atoms with Crippen LogP contribution in [0.15, 0.2) is 34.6 Å². The SMILES string of the molecule is CN(N)/C(CSC1=NCN(Cc2cccnc2)CN1)=N\N. The first-order valence-corrected chi connectivity index (χ1v) is 7.45. The number of pyridine rings is 1. The molecule has 2 heterocycles. The van der Waals surface area contributed by atoms with Crippen LogP contribution in [0, 0.1) is 0 Å². The molecule has 1 aliphatic rings. The lowest BCUT2D eigenvalue weighted by Crippen LogP contribution is -2.42.